The summed E-state index contributed by atoms with van der Waals surface area (Å²) in [7, 11) is 1.71. The zero-order valence-electron chi connectivity index (χ0n) is 11.2. The van der Waals surface area contributed by atoms with E-state index < -0.39 is 0 Å². The lowest BCUT2D eigenvalue weighted by atomic mass is 9.76. The highest BCUT2D eigenvalue weighted by Gasteiger charge is 2.28. The van der Waals surface area contributed by atoms with Gasteiger partial charge in [-0.05, 0) is 41.7 Å². The Bertz CT molecular complexity index is 565. The minimum absolute atomic E-state index is 0.197. The predicted molar refractivity (Wildman–Crippen MR) is 77.6 cm³/mol. The zero-order valence-corrected chi connectivity index (χ0v) is 11.2. The summed E-state index contributed by atoms with van der Waals surface area (Å²) < 4.78 is 5.32. The van der Waals surface area contributed by atoms with E-state index in [2.05, 4.69) is 36.4 Å². The predicted octanol–water partition coefficient (Wildman–Crippen LogP) is 3.10. The minimum Gasteiger partial charge on any atom is -0.497 e. The van der Waals surface area contributed by atoms with Crippen molar-refractivity contribution in [2.75, 3.05) is 7.11 Å². The van der Waals surface area contributed by atoms with E-state index in [1.54, 1.807) is 7.11 Å². The van der Waals surface area contributed by atoms with Crippen LogP contribution in [0.1, 0.15) is 29.0 Å². The van der Waals surface area contributed by atoms with Crippen LogP contribution in [0.2, 0.25) is 0 Å². The summed E-state index contributed by atoms with van der Waals surface area (Å²) in [6.07, 6.45) is 2.07. The van der Waals surface area contributed by atoms with Crippen molar-refractivity contribution in [1.29, 1.82) is 0 Å². The fourth-order valence-corrected chi connectivity index (χ4v) is 3.04. The Morgan fingerprint density at radius 2 is 1.89 bits per heavy atom. The standard InChI is InChI=1S/C17H19NO/c1-19-14-8-9-15-13(11-14)7-10-16(18)17(15)12-5-3-2-4-6-12/h2-6,8-9,11,16-17H,7,10,18H2,1H3/t16-,17+/m1/s1. The first-order chi connectivity index (χ1) is 9.29. The highest BCUT2D eigenvalue weighted by Crippen LogP contribution is 2.37. The van der Waals surface area contributed by atoms with E-state index in [4.69, 9.17) is 10.5 Å². The van der Waals surface area contributed by atoms with Crippen LogP contribution >= 0.6 is 0 Å². The highest BCUT2D eigenvalue weighted by molar-refractivity contribution is 5.45. The van der Waals surface area contributed by atoms with Crippen molar-refractivity contribution in [3.8, 4) is 5.75 Å². The summed E-state index contributed by atoms with van der Waals surface area (Å²) >= 11 is 0. The van der Waals surface area contributed by atoms with Crippen LogP contribution in [0.4, 0.5) is 0 Å². The number of hydrogen-bond acceptors (Lipinski definition) is 2. The summed E-state index contributed by atoms with van der Waals surface area (Å²) in [4.78, 5) is 0. The Kier molecular flexibility index (Phi) is 3.26. The molecular weight excluding hydrogens is 234 g/mol. The monoisotopic (exact) mass is 253 g/mol. The molecule has 0 radical (unpaired) electrons. The molecule has 2 aromatic carbocycles. The van der Waals surface area contributed by atoms with Gasteiger partial charge in [-0.25, -0.2) is 0 Å². The van der Waals surface area contributed by atoms with Gasteiger partial charge >= 0.3 is 0 Å². The van der Waals surface area contributed by atoms with Crippen LogP contribution in [-0.2, 0) is 6.42 Å². The third-order valence-corrected chi connectivity index (χ3v) is 4.02. The smallest absolute Gasteiger partial charge is 0.119 e. The topological polar surface area (TPSA) is 35.2 Å². The lowest BCUT2D eigenvalue weighted by Gasteiger charge is -2.32. The molecule has 98 valence electrons. The van der Waals surface area contributed by atoms with Crippen LogP contribution in [0.15, 0.2) is 48.5 Å². The SMILES string of the molecule is COc1ccc2c(c1)CC[C@@H](N)[C@H]2c1ccccc1. The maximum atomic E-state index is 6.37. The second-order valence-electron chi connectivity index (χ2n) is 5.16. The van der Waals surface area contributed by atoms with E-state index in [1.165, 1.54) is 16.7 Å². The molecule has 1 aliphatic carbocycles. The van der Waals surface area contributed by atoms with Crippen molar-refractivity contribution in [2.45, 2.75) is 24.8 Å². The Hall–Kier alpha value is -1.80. The average Bonchev–Trinajstić information content (AvgIpc) is 2.47. The molecule has 0 saturated carbocycles. The molecule has 0 amide bonds. The van der Waals surface area contributed by atoms with Gasteiger partial charge in [0.1, 0.15) is 5.75 Å². The van der Waals surface area contributed by atoms with Crippen molar-refractivity contribution >= 4 is 0 Å². The number of hydrogen-bond donors (Lipinski definition) is 1. The van der Waals surface area contributed by atoms with Crippen molar-refractivity contribution in [3.63, 3.8) is 0 Å². The largest absolute Gasteiger partial charge is 0.497 e. The Morgan fingerprint density at radius 1 is 1.11 bits per heavy atom. The fraction of sp³-hybridized carbons (Fsp3) is 0.294. The van der Waals surface area contributed by atoms with Crippen molar-refractivity contribution in [2.24, 2.45) is 5.73 Å². The molecule has 0 aromatic heterocycles. The highest BCUT2D eigenvalue weighted by atomic mass is 16.5. The molecule has 0 heterocycles. The lowest BCUT2D eigenvalue weighted by Crippen LogP contribution is -2.33. The van der Waals surface area contributed by atoms with Gasteiger partial charge in [-0.1, -0.05) is 36.4 Å². The molecular formula is C17H19NO. The molecule has 0 fully saturated rings. The molecule has 2 atom stereocenters. The van der Waals surface area contributed by atoms with E-state index in [0.717, 1.165) is 18.6 Å². The Morgan fingerprint density at radius 3 is 2.63 bits per heavy atom. The first-order valence-corrected chi connectivity index (χ1v) is 6.77. The van der Waals surface area contributed by atoms with Crippen LogP contribution in [0.25, 0.3) is 0 Å². The van der Waals surface area contributed by atoms with E-state index in [9.17, 15) is 0 Å². The molecule has 3 rings (SSSR count). The first kappa shape index (κ1) is 12.2. The Labute approximate surface area is 114 Å². The molecule has 2 heteroatoms. The van der Waals surface area contributed by atoms with Crippen LogP contribution in [0.5, 0.6) is 5.75 Å². The molecule has 2 nitrogen and oxygen atoms in total. The maximum Gasteiger partial charge on any atom is 0.119 e. The summed E-state index contributed by atoms with van der Waals surface area (Å²) in [5.74, 6) is 1.23. The maximum absolute atomic E-state index is 6.37. The average molecular weight is 253 g/mol. The van der Waals surface area contributed by atoms with Gasteiger partial charge in [0, 0.05) is 12.0 Å². The van der Waals surface area contributed by atoms with Gasteiger partial charge in [0.15, 0.2) is 0 Å². The first-order valence-electron chi connectivity index (χ1n) is 6.77. The number of aryl methyl sites for hydroxylation is 1. The molecule has 0 aliphatic heterocycles. The fourth-order valence-electron chi connectivity index (χ4n) is 3.04. The zero-order chi connectivity index (χ0) is 13.2. The summed E-state index contributed by atoms with van der Waals surface area (Å²) in [5, 5.41) is 0. The number of fused-ring (bicyclic) bond motifs is 1. The van der Waals surface area contributed by atoms with Gasteiger partial charge < -0.3 is 10.5 Å². The number of ether oxygens (including phenoxy) is 1. The number of nitrogens with two attached hydrogens (primary N) is 1. The lowest BCUT2D eigenvalue weighted by molar-refractivity contribution is 0.412. The minimum atomic E-state index is 0.197. The molecule has 2 N–H and O–H groups in total. The Balaban J connectivity index is 2.07. The molecule has 2 aromatic rings. The van der Waals surface area contributed by atoms with Gasteiger partial charge in [0.2, 0.25) is 0 Å². The van der Waals surface area contributed by atoms with Gasteiger partial charge in [0.25, 0.3) is 0 Å². The molecule has 1 aliphatic rings. The normalized spacial score (nSPS) is 21.8. The quantitative estimate of drug-likeness (QED) is 0.892. The van der Waals surface area contributed by atoms with E-state index in [0.29, 0.717) is 5.92 Å². The second kappa shape index (κ2) is 5.06. The van der Waals surface area contributed by atoms with Crippen LogP contribution < -0.4 is 10.5 Å². The van der Waals surface area contributed by atoms with Crippen LogP contribution in [0, 0.1) is 0 Å². The van der Waals surface area contributed by atoms with Crippen molar-refractivity contribution < 1.29 is 4.74 Å². The molecule has 0 bridgehead atoms. The van der Waals surface area contributed by atoms with Crippen molar-refractivity contribution in [3.05, 3.63) is 65.2 Å². The molecule has 0 spiro atoms. The van der Waals surface area contributed by atoms with Crippen LogP contribution in [0.3, 0.4) is 0 Å². The number of rotatable bonds is 2. The van der Waals surface area contributed by atoms with Gasteiger partial charge in [0.05, 0.1) is 7.11 Å². The van der Waals surface area contributed by atoms with Gasteiger partial charge in [-0.2, -0.15) is 0 Å². The second-order valence-corrected chi connectivity index (χ2v) is 5.16. The summed E-state index contributed by atoms with van der Waals surface area (Å²) in [6, 6.07) is 17.1. The van der Waals surface area contributed by atoms with Gasteiger partial charge in [-0.3, -0.25) is 0 Å². The number of benzene rings is 2. The summed E-state index contributed by atoms with van der Waals surface area (Å²) in [6.45, 7) is 0. The van der Waals surface area contributed by atoms with E-state index in [1.807, 2.05) is 12.1 Å². The van der Waals surface area contributed by atoms with Crippen LogP contribution in [-0.4, -0.2) is 13.2 Å². The van der Waals surface area contributed by atoms with Gasteiger partial charge in [-0.15, -0.1) is 0 Å². The molecule has 0 saturated heterocycles. The molecule has 0 unspecified atom stereocenters. The van der Waals surface area contributed by atoms with Crippen molar-refractivity contribution in [1.82, 2.24) is 0 Å². The molecule has 19 heavy (non-hydrogen) atoms. The third-order valence-electron chi connectivity index (χ3n) is 4.02. The van der Waals surface area contributed by atoms with E-state index >= 15 is 0 Å². The summed E-state index contributed by atoms with van der Waals surface area (Å²) in [5.41, 5.74) is 10.4. The number of methoxy groups -OCH3 is 1. The third kappa shape index (κ3) is 2.24. The van der Waals surface area contributed by atoms with E-state index in [-0.39, 0.29) is 6.04 Å².